The Balaban J connectivity index is 2.70. The summed E-state index contributed by atoms with van der Waals surface area (Å²) in [7, 11) is 0. The second kappa shape index (κ2) is 5.65. The lowest BCUT2D eigenvalue weighted by molar-refractivity contribution is -0.124. The number of nitrogens with one attached hydrogen (secondary N) is 1. The molecule has 5 heteroatoms. The van der Waals surface area contributed by atoms with Crippen LogP contribution in [0.1, 0.15) is 39.1 Å². The largest absolute Gasteiger partial charge is 0.352 e. The van der Waals surface area contributed by atoms with E-state index in [1.54, 1.807) is 17.0 Å². The first kappa shape index (κ1) is 12.7. The Morgan fingerprint density at radius 3 is 2.88 bits per heavy atom. The Labute approximate surface area is 96.0 Å². The summed E-state index contributed by atoms with van der Waals surface area (Å²) in [6.45, 7) is 6.22. The second-order valence-corrected chi connectivity index (χ2v) is 3.95. The zero-order valence-corrected chi connectivity index (χ0v) is 10.1. The topological polar surface area (TPSA) is 72.9 Å². The van der Waals surface area contributed by atoms with Gasteiger partial charge < -0.3 is 15.6 Å². The number of nitrogens with two attached hydrogens (primary N) is 1. The molecule has 16 heavy (non-hydrogen) atoms. The first-order valence-electron chi connectivity index (χ1n) is 5.62. The Hall–Kier alpha value is -1.36. The minimum atomic E-state index is -0.268. The van der Waals surface area contributed by atoms with Crippen LogP contribution in [0, 0.1) is 0 Å². The maximum Gasteiger partial charge on any atom is 0.243 e. The molecule has 0 fully saturated rings. The third kappa shape index (κ3) is 2.82. The van der Waals surface area contributed by atoms with Crippen LogP contribution in [0.2, 0.25) is 0 Å². The SMILES string of the molecule is CCC(C)NC(=O)C(C)n1ccnc1CN. The molecular formula is C11H20N4O. The summed E-state index contributed by atoms with van der Waals surface area (Å²) in [5.74, 6) is 0.730. The highest BCUT2D eigenvalue weighted by molar-refractivity contribution is 5.80. The summed E-state index contributed by atoms with van der Waals surface area (Å²) in [4.78, 5) is 16.0. The van der Waals surface area contributed by atoms with E-state index in [-0.39, 0.29) is 18.0 Å². The quantitative estimate of drug-likeness (QED) is 0.777. The molecule has 0 spiro atoms. The molecule has 0 saturated carbocycles. The number of carbonyl (C=O) groups is 1. The molecule has 0 radical (unpaired) electrons. The summed E-state index contributed by atoms with van der Waals surface area (Å²) in [6.07, 6.45) is 4.37. The van der Waals surface area contributed by atoms with Crippen LogP contribution in [-0.4, -0.2) is 21.5 Å². The molecule has 1 amide bonds. The number of nitrogens with zero attached hydrogens (tertiary/aromatic N) is 2. The zero-order chi connectivity index (χ0) is 12.1. The van der Waals surface area contributed by atoms with Crippen LogP contribution >= 0.6 is 0 Å². The van der Waals surface area contributed by atoms with Crippen LogP contribution in [0.3, 0.4) is 0 Å². The minimum absolute atomic E-state index is 0.00190. The molecule has 1 aromatic heterocycles. The van der Waals surface area contributed by atoms with Gasteiger partial charge in [-0.3, -0.25) is 4.79 Å². The van der Waals surface area contributed by atoms with Gasteiger partial charge in [0.2, 0.25) is 5.91 Å². The number of amides is 1. The van der Waals surface area contributed by atoms with Gasteiger partial charge in [-0.2, -0.15) is 0 Å². The molecule has 0 aliphatic rings. The molecule has 90 valence electrons. The molecule has 0 aliphatic carbocycles. The molecule has 0 aliphatic heterocycles. The summed E-state index contributed by atoms with van der Waals surface area (Å²) < 4.78 is 1.80. The van der Waals surface area contributed by atoms with E-state index in [1.165, 1.54) is 0 Å². The van der Waals surface area contributed by atoms with Crippen molar-refractivity contribution in [1.29, 1.82) is 0 Å². The van der Waals surface area contributed by atoms with Gasteiger partial charge in [-0.1, -0.05) is 6.92 Å². The van der Waals surface area contributed by atoms with Gasteiger partial charge in [0, 0.05) is 18.4 Å². The maximum atomic E-state index is 11.9. The smallest absolute Gasteiger partial charge is 0.243 e. The van der Waals surface area contributed by atoms with E-state index in [1.807, 2.05) is 20.8 Å². The van der Waals surface area contributed by atoms with Crippen molar-refractivity contribution < 1.29 is 4.79 Å². The van der Waals surface area contributed by atoms with Crippen LogP contribution in [0.15, 0.2) is 12.4 Å². The predicted molar refractivity (Wildman–Crippen MR) is 62.7 cm³/mol. The second-order valence-electron chi connectivity index (χ2n) is 3.95. The highest BCUT2D eigenvalue weighted by Gasteiger charge is 2.17. The van der Waals surface area contributed by atoms with Gasteiger partial charge in [0.05, 0.1) is 6.54 Å². The monoisotopic (exact) mass is 224 g/mol. The Kier molecular flexibility index (Phi) is 4.49. The van der Waals surface area contributed by atoms with Crippen molar-refractivity contribution in [3.8, 4) is 0 Å². The number of carbonyl (C=O) groups excluding carboxylic acids is 1. The number of hydrogen-bond donors (Lipinski definition) is 2. The van der Waals surface area contributed by atoms with Gasteiger partial charge in [-0.15, -0.1) is 0 Å². The molecule has 0 saturated heterocycles. The number of imidazole rings is 1. The Morgan fingerprint density at radius 2 is 2.31 bits per heavy atom. The van der Waals surface area contributed by atoms with Crippen molar-refractivity contribution in [2.45, 2.75) is 45.8 Å². The molecule has 1 heterocycles. The third-order valence-corrected chi connectivity index (χ3v) is 2.73. The van der Waals surface area contributed by atoms with Crippen molar-refractivity contribution in [3.05, 3.63) is 18.2 Å². The highest BCUT2D eigenvalue weighted by Crippen LogP contribution is 2.09. The zero-order valence-electron chi connectivity index (χ0n) is 10.1. The van der Waals surface area contributed by atoms with Gasteiger partial charge in [-0.05, 0) is 20.3 Å². The first-order valence-corrected chi connectivity index (χ1v) is 5.62. The number of aromatic nitrogens is 2. The average molecular weight is 224 g/mol. The van der Waals surface area contributed by atoms with Gasteiger partial charge in [0.15, 0.2) is 0 Å². The van der Waals surface area contributed by atoms with E-state index in [0.29, 0.717) is 6.54 Å². The van der Waals surface area contributed by atoms with Crippen molar-refractivity contribution in [3.63, 3.8) is 0 Å². The van der Waals surface area contributed by atoms with E-state index in [9.17, 15) is 4.79 Å². The number of rotatable bonds is 5. The van der Waals surface area contributed by atoms with Crippen LogP contribution in [0.5, 0.6) is 0 Å². The average Bonchev–Trinajstić information content (AvgIpc) is 2.75. The van der Waals surface area contributed by atoms with Gasteiger partial charge in [0.1, 0.15) is 11.9 Å². The summed E-state index contributed by atoms with van der Waals surface area (Å²) >= 11 is 0. The molecule has 3 N–H and O–H groups in total. The fourth-order valence-electron chi connectivity index (χ4n) is 1.45. The van der Waals surface area contributed by atoms with Gasteiger partial charge in [-0.25, -0.2) is 4.98 Å². The molecule has 0 bridgehead atoms. The Morgan fingerprint density at radius 1 is 1.62 bits per heavy atom. The van der Waals surface area contributed by atoms with Crippen LogP contribution in [-0.2, 0) is 11.3 Å². The summed E-state index contributed by atoms with van der Waals surface area (Å²) in [5.41, 5.74) is 5.55. The van der Waals surface area contributed by atoms with Gasteiger partial charge in [0.25, 0.3) is 0 Å². The Bertz CT molecular complexity index is 348. The molecule has 2 atom stereocenters. The lowest BCUT2D eigenvalue weighted by Crippen LogP contribution is -2.37. The number of hydrogen-bond acceptors (Lipinski definition) is 3. The molecule has 1 aromatic rings. The van der Waals surface area contributed by atoms with Crippen molar-refractivity contribution >= 4 is 5.91 Å². The van der Waals surface area contributed by atoms with E-state index < -0.39 is 0 Å². The van der Waals surface area contributed by atoms with E-state index in [4.69, 9.17) is 5.73 Å². The van der Waals surface area contributed by atoms with E-state index >= 15 is 0 Å². The summed E-state index contributed by atoms with van der Waals surface area (Å²) in [6, 6.07) is -0.0742. The molecule has 0 aromatic carbocycles. The van der Waals surface area contributed by atoms with Crippen LogP contribution in [0.25, 0.3) is 0 Å². The normalized spacial score (nSPS) is 14.5. The predicted octanol–water partition coefficient (Wildman–Crippen LogP) is 0.817. The highest BCUT2D eigenvalue weighted by atomic mass is 16.2. The minimum Gasteiger partial charge on any atom is -0.352 e. The third-order valence-electron chi connectivity index (χ3n) is 2.73. The van der Waals surface area contributed by atoms with Crippen molar-refractivity contribution in [2.24, 2.45) is 5.73 Å². The van der Waals surface area contributed by atoms with Crippen LogP contribution in [0.4, 0.5) is 0 Å². The van der Waals surface area contributed by atoms with Crippen molar-refractivity contribution in [2.75, 3.05) is 0 Å². The molecular weight excluding hydrogens is 204 g/mol. The van der Waals surface area contributed by atoms with Gasteiger partial charge >= 0.3 is 0 Å². The maximum absolute atomic E-state index is 11.9. The van der Waals surface area contributed by atoms with E-state index in [0.717, 1.165) is 12.2 Å². The first-order chi connectivity index (χ1) is 7.60. The fraction of sp³-hybridized carbons (Fsp3) is 0.636. The lowest BCUT2D eigenvalue weighted by Gasteiger charge is -2.18. The standard InChI is InChI=1S/C11H20N4O/c1-4-8(2)14-11(16)9(3)15-6-5-13-10(15)7-12/h5-6,8-9H,4,7,12H2,1-3H3,(H,14,16). The fourth-order valence-corrected chi connectivity index (χ4v) is 1.45. The lowest BCUT2D eigenvalue weighted by atomic mass is 10.2. The van der Waals surface area contributed by atoms with E-state index in [2.05, 4.69) is 10.3 Å². The van der Waals surface area contributed by atoms with Crippen LogP contribution < -0.4 is 11.1 Å². The van der Waals surface area contributed by atoms with Crippen molar-refractivity contribution in [1.82, 2.24) is 14.9 Å². The summed E-state index contributed by atoms with van der Waals surface area (Å²) in [5, 5.41) is 2.94. The molecule has 1 rings (SSSR count). The molecule has 2 unspecified atom stereocenters. The molecule has 5 nitrogen and oxygen atoms in total.